The summed E-state index contributed by atoms with van der Waals surface area (Å²) in [5.41, 5.74) is -0.0927. The van der Waals surface area contributed by atoms with Crippen LogP contribution in [0.1, 0.15) is 22.8 Å². The smallest absolute Gasteiger partial charge is 0.349 e. The van der Waals surface area contributed by atoms with E-state index in [4.69, 9.17) is 4.74 Å². The molecule has 4 rings (SSSR count). The molecule has 11 heteroatoms. The van der Waals surface area contributed by atoms with Crippen molar-refractivity contribution in [2.24, 2.45) is 4.99 Å². The van der Waals surface area contributed by atoms with E-state index in [1.807, 2.05) is 0 Å². The standard InChI is InChI=1S/C23H16N4O7/c1-13(28)24-23-25(2)18(11-14-6-5-7-15(10-14)27(32)33)21(30)26(23)12-17-20(29)16-8-3-4-9-19(16)34-22(17)31/h3-12H,1-2H3/b17-12+,18-11+,24-23?. The van der Waals surface area contributed by atoms with Crippen LogP contribution in [0, 0.1) is 10.1 Å². The number of nitrogens with zero attached hydrogens (tertiary/aromatic N) is 4. The highest BCUT2D eigenvalue weighted by Gasteiger charge is 2.39. The number of amides is 2. The third kappa shape index (κ3) is 3.97. The number of guanidine groups is 1. The molecule has 0 spiro atoms. The Balaban J connectivity index is 1.79. The van der Waals surface area contributed by atoms with E-state index in [0.717, 1.165) is 11.1 Å². The van der Waals surface area contributed by atoms with Gasteiger partial charge < -0.3 is 9.64 Å². The largest absolute Gasteiger partial charge is 0.422 e. The van der Waals surface area contributed by atoms with Crippen molar-refractivity contribution < 1.29 is 28.8 Å². The van der Waals surface area contributed by atoms with E-state index in [9.17, 15) is 29.3 Å². The molecule has 34 heavy (non-hydrogen) atoms. The zero-order chi connectivity index (χ0) is 24.6. The average molecular weight is 460 g/mol. The van der Waals surface area contributed by atoms with Crippen LogP contribution in [0.25, 0.3) is 6.08 Å². The van der Waals surface area contributed by atoms with Gasteiger partial charge in [0.15, 0.2) is 0 Å². The molecule has 2 aromatic rings. The molecule has 2 aromatic carbocycles. The SMILES string of the molecule is CC(=O)N=C1N(/C=C2/C(=O)Oc3ccccc3C2=O)C(=O)/C(=C\c2cccc([N+](=O)[O-])c2)N1C. The number of nitro groups is 1. The second-order valence-corrected chi connectivity index (χ2v) is 7.30. The second kappa shape index (κ2) is 8.54. The Labute approximate surface area is 192 Å². The van der Waals surface area contributed by atoms with E-state index < -0.39 is 34.1 Å². The predicted octanol–water partition coefficient (Wildman–Crippen LogP) is 2.30. The third-order valence-electron chi connectivity index (χ3n) is 5.01. The van der Waals surface area contributed by atoms with Crippen LogP contribution in [-0.4, -0.2) is 51.3 Å². The number of carbonyl (C=O) groups is 4. The fourth-order valence-electron chi connectivity index (χ4n) is 3.43. The molecule has 2 amide bonds. The maximum atomic E-state index is 13.2. The Morgan fingerprint density at radius 3 is 2.56 bits per heavy atom. The summed E-state index contributed by atoms with van der Waals surface area (Å²) < 4.78 is 5.20. The first-order chi connectivity index (χ1) is 16.2. The van der Waals surface area contributed by atoms with Gasteiger partial charge in [-0.2, -0.15) is 4.99 Å². The average Bonchev–Trinajstić information content (AvgIpc) is 3.00. The topological polar surface area (TPSA) is 139 Å². The molecule has 0 bridgehead atoms. The fraction of sp³-hybridized carbons (Fsp3) is 0.0870. The van der Waals surface area contributed by atoms with Gasteiger partial charge in [0.1, 0.15) is 17.0 Å². The molecule has 0 N–H and O–H groups in total. The first-order valence-electron chi connectivity index (χ1n) is 9.88. The molecular formula is C23H16N4O7. The Morgan fingerprint density at radius 1 is 1.12 bits per heavy atom. The van der Waals surface area contributed by atoms with Crippen molar-refractivity contribution in [2.45, 2.75) is 6.92 Å². The maximum Gasteiger partial charge on any atom is 0.349 e. The van der Waals surface area contributed by atoms with Gasteiger partial charge in [0.2, 0.25) is 17.6 Å². The molecule has 0 aliphatic carbocycles. The van der Waals surface area contributed by atoms with Crippen molar-refractivity contribution in [2.75, 3.05) is 7.05 Å². The van der Waals surface area contributed by atoms with Gasteiger partial charge in [0, 0.05) is 32.3 Å². The summed E-state index contributed by atoms with van der Waals surface area (Å²) in [5.74, 6) is -3.00. The number of esters is 1. The molecule has 0 radical (unpaired) electrons. The van der Waals surface area contributed by atoms with E-state index in [2.05, 4.69) is 4.99 Å². The number of nitro benzene ring substituents is 1. The highest BCUT2D eigenvalue weighted by molar-refractivity contribution is 6.28. The fourth-order valence-corrected chi connectivity index (χ4v) is 3.43. The lowest BCUT2D eigenvalue weighted by atomic mass is 10.0. The molecule has 0 saturated carbocycles. The molecule has 11 nitrogen and oxygen atoms in total. The van der Waals surface area contributed by atoms with Crippen molar-refractivity contribution >= 4 is 41.3 Å². The quantitative estimate of drug-likeness (QED) is 0.170. The lowest BCUT2D eigenvalue weighted by molar-refractivity contribution is -0.384. The summed E-state index contributed by atoms with van der Waals surface area (Å²) in [6.45, 7) is 1.18. The normalized spacial score (nSPS) is 19.1. The van der Waals surface area contributed by atoms with Crippen LogP contribution < -0.4 is 4.74 Å². The Hall–Kier alpha value is -4.93. The molecule has 0 aromatic heterocycles. The van der Waals surface area contributed by atoms with E-state index >= 15 is 0 Å². The number of benzene rings is 2. The first-order valence-corrected chi connectivity index (χ1v) is 9.88. The van der Waals surface area contributed by atoms with Gasteiger partial charge >= 0.3 is 5.97 Å². The van der Waals surface area contributed by atoms with Crippen molar-refractivity contribution in [1.82, 2.24) is 9.80 Å². The van der Waals surface area contributed by atoms with Gasteiger partial charge in [-0.1, -0.05) is 24.3 Å². The number of ether oxygens (including phenoxy) is 1. The van der Waals surface area contributed by atoms with Crippen molar-refractivity contribution in [3.8, 4) is 5.75 Å². The number of rotatable bonds is 3. The van der Waals surface area contributed by atoms with Crippen molar-refractivity contribution in [3.63, 3.8) is 0 Å². The highest BCUT2D eigenvalue weighted by atomic mass is 16.6. The number of aliphatic imine (C=N–C) groups is 1. The molecule has 0 unspecified atom stereocenters. The van der Waals surface area contributed by atoms with Crippen LogP contribution >= 0.6 is 0 Å². The van der Waals surface area contributed by atoms with Gasteiger partial charge in [-0.15, -0.1) is 0 Å². The summed E-state index contributed by atoms with van der Waals surface area (Å²) in [7, 11) is 1.46. The number of non-ortho nitro benzene ring substituents is 1. The number of para-hydroxylation sites is 1. The molecule has 0 atom stereocenters. The van der Waals surface area contributed by atoms with Crippen LogP contribution in [0.5, 0.6) is 5.75 Å². The molecule has 1 saturated heterocycles. The number of hydrogen-bond donors (Lipinski definition) is 0. The minimum atomic E-state index is -0.961. The molecule has 170 valence electrons. The molecule has 2 aliphatic rings. The van der Waals surface area contributed by atoms with Crippen LogP contribution in [0.15, 0.2) is 71.0 Å². The van der Waals surface area contributed by atoms with Crippen LogP contribution in [0.2, 0.25) is 0 Å². The number of likely N-dealkylation sites (N-methyl/N-ethyl adjacent to an activating group) is 1. The summed E-state index contributed by atoms with van der Waals surface area (Å²) in [4.78, 5) is 66.9. The zero-order valence-electron chi connectivity index (χ0n) is 17.9. The number of ketones is 1. The van der Waals surface area contributed by atoms with Crippen LogP contribution in [0.3, 0.4) is 0 Å². The summed E-state index contributed by atoms with van der Waals surface area (Å²) in [6, 6.07) is 11.8. The minimum absolute atomic E-state index is 0.00868. The van der Waals surface area contributed by atoms with Crippen molar-refractivity contribution in [3.05, 3.63) is 87.2 Å². The van der Waals surface area contributed by atoms with Gasteiger partial charge in [0.05, 0.1) is 10.5 Å². The number of fused-ring (bicyclic) bond motifs is 1. The number of hydrogen-bond acceptors (Lipinski definition) is 7. The third-order valence-corrected chi connectivity index (χ3v) is 5.01. The van der Waals surface area contributed by atoms with E-state index in [0.29, 0.717) is 5.56 Å². The summed E-state index contributed by atoms with van der Waals surface area (Å²) >= 11 is 0. The Kier molecular flexibility index (Phi) is 5.60. The predicted molar refractivity (Wildman–Crippen MR) is 118 cm³/mol. The monoisotopic (exact) mass is 460 g/mol. The number of Topliss-reactive ketones (excluding diaryl/α,β-unsaturated/α-hetero) is 1. The molecule has 1 fully saturated rings. The summed E-state index contributed by atoms with van der Waals surface area (Å²) in [6.07, 6.45) is 2.36. The lowest BCUT2D eigenvalue weighted by Crippen LogP contribution is -2.33. The lowest BCUT2D eigenvalue weighted by Gasteiger charge is -2.19. The Morgan fingerprint density at radius 2 is 1.85 bits per heavy atom. The van der Waals surface area contributed by atoms with Gasteiger partial charge in [-0.3, -0.25) is 29.4 Å². The van der Waals surface area contributed by atoms with E-state index in [1.54, 1.807) is 18.2 Å². The molecule has 2 aliphatic heterocycles. The first kappa shape index (κ1) is 22.3. The van der Waals surface area contributed by atoms with E-state index in [1.165, 1.54) is 55.3 Å². The maximum absolute atomic E-state index is 13.2. The summed E-state index contributed by atoms with van der Waals surface area (Å²) in [5, 5.41) is 11.1. The number of carbonyl (C=O) groups excluding carboxylic acids is 4. The van der Waals surface area contributed by atoms with Crippen LogP contribution in [-0.2, 0) is 14.4 Å². The zero-order valence-corrected chi connectivity index (χ0v) is 17.9. The Bertz CT molecular complexity index is 1370. The van der Waals surface area contributed by atoms with Gasteiger partial charge in [-0.05, 0) is 23.8 Å². The molecular weight excluding hydrogens is 444 g/mol. The minimum Gasteiger partial charge on any atom is -0.422 e. The van der Waals surface area contributed by atoms with E-state index in [-0.39, 0.29) is 28.7 Å². The van der Waals surface area contributed by atoms with Crippen LogP contribution in [0.4, 0.5) is 5.69 Å². The molecule has 2 heterocycles. The highest BCUT2D eigenvalue weighted by Crippen LogP contribution is 2.30. The van der Waals surface area contributed by atoms with Gasteiger partial charge in [0.25, 0.3) is 11.6 Å². The second-order valence-electron chi connectivity index (χ2n) is 7.30. The van der Waals surface area contributed by atoms with Gasteiger partial charge in [-0.25, -0.2) is 4.79 Å². The van der Waals surface area contributed by atoms with Crippen molar-refractivity contribution in [1.29, 1.82) is 0 Å².